The zero-order valence-electron chi connectivity index (χ0n) is 11.6. The molecule has 0 amide bonds. The number of aromatic nitrogens is 1. The lowest BCUT2D eigenvalue weighted by molar-refractivity contribution is 0.230. The number of rotatable bonds is 1. The molecule has 1 aromatic heterocycles. The summed E-state index contributed by atoms with van der Waals surface area (Å²) in [5.74, 6) is 1.10. The highest BCUT2D eigenvalue weighted by Crippen LogP contribution is 2.30. The van der Waals surface area contributed by atoms with Crippen LogP contribution in [0.4, 0.5) is 11.5 Å². The van der Waals surface area contributed by atoms with E-state index in [1.165, 1.54) is 30.2 Å². The predicted molar refractivity (Wildman–Crippen MR) is 83.0 cm³/mol. The summed E-state index contributed by atoms with van der Waals surface area (Å²) in [7, 11) is 0. The van der Waals surface area contributed by atoms with Gasteiger partial charge in [0.1, 0.15) is 5.82 Å². The lowest BCUT2D eigenvalue weighted by atomic mass is 10.1. The number of hydrogen-bond acceptors (Lipinski definition) is 4. The molecule has 1 atom stereocenters. The fourth-order valence-corrected chi connectivity index (χ4v) is 3.61. The van der Waals surface area contributed by atoms with Gasteiger partial charge >= 0.3 is 0 Å². The smallest absolute Gasteiger partial charge is 0.136 e. The van der Waals surface area contributed by atoms with Crippen molar-refractivity contribution in [2.24, 2.45) is 0 Å². The summed E-state index contributed by atoms with van der Waals surface area (Å²) in [5.41, 5.74) is 6.76. The van der Waals surface area contributed by atoms with Crippen LogP contribution in [0.2, 0.25) is 0 Å². The molecule has 0 bridgehead atoms. The number of benzene rings is 1. The molecule has 4 rings (SSSR count). The number of nitrogens with two attached hydrogens (primary N) is 1. The van der Waals surface area contributed by atoms with Gasteiger partial charge in [-0.05, 0) is 43.0 Å². The Balaban J connectivity index is 1.73. The average Bonchev–Trinajstić information content (AvgIpc) is 2.94. The molecular formula is C16H20N4. The second-order valence-electron chi connectivity index (χ2n) is 5.89. The molecule has 3 heterocycles. The first kappa shape index (κ1) is 12.0. The number of piperazine rings is 1. The van der Waals surface area contributed by atoms with E-state index in [0.717, 1.165) is 31.1 Å². The summed E-state index contributed by atoms with van der Waals surface area (Å²) in [6.07, 6.45) is 4.58. The zero-order chi connectivity index (χ0) is 13.5. The fourth-order valence-electron chi connectivity index (χ4n) is 3.61. The van der Waals surface area contributed by atoms with Crippen molar-refractivity contribution < 1.29 is 0 Å². The average molecular weight is 268 g/mol. The van der Waals surface area contributed by atoms with Gasteiger partial charge in [-0.3, -0.25) is 4.90 Å². The maximum absolute atomic E-state index is 5.95. The summed E-state index contributed by atoms with van der Waals surface area (Å²) < 4.78 is 0. The molecule has 2 aliphatic rings. The van der Waals surface area contributed by atoms with Crippen LogP contribution < -0.4 is 10.6 Å². The van der Waals surface area contributed by atoms with E-state index in [9.17, 15) is 0 Å². The summed E-state index contributed by atoms with van der Waals surface area (Å²) in [6, 6.07) is 8.87. The Morgan fingerprint density at radius 1 is 1.15 bits per heavy atom. The molecule has 2 N–H and O–H groups in total. The lowest BCUT2D eigenvalue weighted by Gasteiger charge is -2.38. The minimum atomic E-state index is 0.710. The standard InChI is InChI=1S/C16H20N4/c17-13-4-3-12-5-6-18-16(15(12)10-13)20-9-8-19-7-1-2-14(19)11-20/h3-6,10,14H,1-2,7-9,11,17H2/t14-/m0/s1. The molecule has 0 saturated carbocycles. The first-order chi connectivity index (χ1) is 9.81. The maximum Gasteiger partial charge on any atom is 0.136 e. The highest BCUT2D eigenvalue weighted by atomic mass is 15.3. The van der Waals surface area contributed by atoms with Crippen LogP contribution in [0.3, 0.4) is 0 Å². The molecular weight excluding hydrogens is 248 g/mol. The molecule has 4 heteroatoms. The molecule has 0 unspecified atom stereocenters. The Hall–Kier alpha value is -1.81. The van der Waals surface area contributed by atoms with Crippen LogP contribution in [-0.2, 0) is 0 Å². The molecule has 0 aliphatic carbocycles. The van der Waals surface area contributed by atoms with Gasteiger partial charge in [-0.1, -0.05) is 6.07 Å². The Bertz CT molecular complexity index is 639. The van der Waals surface area contributed by atoms with Crippen molar-refractivity contribution >= 4 is 22.3 Å². The first-order valence-electron chi connectivity index (χ1n) is 7.44. The van der Waals surface area contributed by atoms with Gasteiger partial charge in [0.15, 0.2) is 0 Å². The van der Waals surface area contributed by atoms with E-state index in [1.807, 2.05) is 12.3 Å². The maximum atomic E-state index is 5.95. The van der Waals surface area contributed by atoms with E-state index in [1.54, 1.807) is 0 Å². The largest absolute Gasteiger partial charge is 0.399 e. The fraction of sp³-hybridized carbons (Fsp3) is 0.438. The van der Waals surface area contributed by atoms with E-state index >= 15 is 0 Å². The van der Waals surface area contributed by atoms with Gasteiger partial charge in [0.25, 0.3) is 0 Å². The van der Waals surface area contributed by atoms with Gasteiger partial charge < -0.3 is 10.6 Å². The van der Waals surface area contributed by atoms with Crippen molar-refractivity contribution in [3.05, 3.63) is 30.5 Å². The Kier molecular flexibility index (Phi) is 2.77. The Morgan fingerprint density at radius 2 is 2.10 bits per heavy atom. The van der Waals surface area contributed by atoms with E-state index in [4.69, 9.17) is 5.73 Å². The Labute approximate surface area is 119 Å². The first-order valence-corrected chi connectivity index (χ1v) is 7.44. The number of fused-ring (bicyclic) bond motifs is 2. The van der Waals surface area contributed by atoms with Crippen LogP contribution in [0.1, 0.15) is 12.8 Å². The van der Waals surface area contributed by atoms with Crippen LogP contribution in [0, 0.1) is 0 Å². The molecule has 0 radical (unpaired) electrons. The van der Waals surface area contributed by atoms with Gasteiger partial charge in [-0.25, -0.2) is 4.98 Å². The number of anilines is 2. The predicted octanol–water partition coefficient (Wildman–Crippen LogP) is 2.10. The Morgan fingerprint density at radius 3 is 3.05 bits per heavy atom. The summed E-state index contributed by atoms with van der Waals surface area (Å²) in [5, 5.41) is 2.40. The molecule has 2 saturated heterocycles. The lowest BCUT2D eigenvalue weighted by Crippen LogP contribution is -2.50. The summed E-state index contributed by atoms with van der Waals surface area (Å²) in [6.45, 7) is 4.60. The van der Waals surface area contributed by atoms with Gasteiger partial charge in [0, 0.05) is 42.9 Å². The summed E-state index contributed by atoms with van der Waals surface area (Å²) in [4.78, 5) is 9.70. The van der Waals surface area contributed by atoms with Crippen molar-refractivity contribution in [1.82, 2.24) is 9.88 Å². The van der Waals surface area contributed by atoms with Crippen LogP contribution >= 0.6 is 0 Å². The van der Waals surface area contributed by atoms with Crippen LogP contribution in [0.25, 0.3) is 10.8 Å². The molecule has 1 aromatic carbocycles. The third-order valence-electron chi connectivity index (χ3n) is 4.66. The van der Waals surface area contributed by atoms with Crippen molar-refractivity contribution in [1.29, 1.82) is 0 Å². The van der Waals surface area contributed by atoms with Gasteiger partial charge in [-0.2, -0.15) is 0 Å². The zero-order valence-corrected chi connectivity index (χ0v) is 11.6. The second kappa shape index (κ2) is 4.63. The molecule has 2 aromatic rings. The molecule has 0 spiro atoms. The van der Waals surface area contributed by atoms with Gasteiger partial charge in [0.2, 0.25) is 0 Å². The minimum Gasteiger partial charge on any atom is -0.399 e. The van der Waals surface area contributed by atoms with E-state index < -0.39 is 0 Å². The van der Waals surface area contributed by atoms with Crippen molar-refractivity contribution in [3.63, 3.8) is 0 Å². The third-order valence-corrected chi connectivity index (χ3v) is 4.66. The van der Waals surface area contributed by atoms with Crippen molar-refractivity contribution in [2.75, 3.05) is 36.8 Å². The highest BCUT2D eigenvalue weighted by molar-refractivity contribution is 5.94. The molecule has 4 nitrogen and oxygen atoms in total. The highest BCUT2D eigenvalue weighted by Gasteiger charge is 2.31. The number of pyridine rings is 1. The normalized spacial score (nSPS) is 23.2. The SMILES string of the molecule is Nc1ccc2ccnc(N3CCN4CCC[C@H]4C3)c2c1. The van der Waals surface area contributed by atoms with Crippen molar-refractivity contribution in [3.8, 4) is 0 Å². The van der Waals surface area contributed by atoms with E-state index in [2.05, 4.69) is 33.0 Å². The molecule has 2 aliphatic heterocycles. The van der Waals surface area contributed by atoms with E-state index in [-0.39, 0.29) is 0 Å². The molecule has 104 valence electrons. The summed E-state index contributed by atoms with van der Waals surface area (Å²) >= 11 is 0. The van der Waals surface area contributed by atoms with Crippen LogP contribution in [0.5, 0.6) is 0 Å². The van der Waals surface area contributed by atoms with Crippen LogP contribution in [0.15, 0.2) is 30.5 Å². The van der Waals surface area contributed by atoms with Gasteiger partial charge in [0.05, 0.1) is 0 Å². The van der Waals surface area contributed by atoms with Crippen molar-refractivity contribution in [2.45, 2.75) is 18.9 Å². The molecule has 2 fully saturated rings. The number of nitrogens with zero attached hydrogens (tertiary/aromatic N) is 3. The minimum absolute atomic E-state index is 0.710. The number of hydrogen-bond donors (Lipinski definition) is 1. The quantitative estimate of drug-likeness (QED) is 0.805. The third kappa shape index (κ3) is 1.91. The topological polar surface area (TPSA) is 45.4 Å². The molecule has 20 heavy (non-hydrogen) atoms. The second-order valence-corrected chi connectivity index (χ2v) is 5.89. The number of nitrogen functional groups attached to an aromatic ring is 1. The van der Waals surface area contributed by atoms with E-state index in [0.29, 0.717) is 6.04 Å². The monoisotopic (exact) mass is 268 g/mol. The van der Waals surface area contributed by atoms with Crippen LogP contribution in [-0.4, -0.2) is 42.1 Å². The van der Waals surface area contributed by atoms with Gasteiger partial charge in [-0.15, -0.1) is 0 Å².